The van der Waals surface area contributed by atoms with Crippen molar-refractivity contribution in [3.05, 3.63) is 66.3 Å². The highest BCUT2D eigenvalue weighted by molar-refractivity contribution is 6.39. The summed E-state index contributed by atoms with van der Waals surface area (Å²) in [6.45, 7) is 12.4. The highest BCUT2D eigenvalue weighted by Gasteiger charge is 2.53. The van der Waals surface area contributed by atoms with Gasteiger partial charge in [-0.3, -0.25) is 24.0 Å². The van der Waals surface area contributed by atoms with E-state index in [0.29, 0.717) is 69.8 Å². The van der Waals surface area contributed by atoms with E-state index in [1.54, 1.807) is 58.0 Å². The number of Topliss-reactive ketones (excluding diaryl/α,β-unsaturated/α-hetero) is 3. The first-order valence-electron chi connectivity index (χ1n) is 26.9. The van der Waals surface area contributed by atoms with E-state index in [0.717, 1.165) is 5.57 Å². The van der Waals surface area contributed by atoms with E-state index >= 15 is 0 Å². The van der Waals surface area contributed by atoms with Crippen molar-refractivity contribution in [2.24, 2.45) is 35.5 Å². The predicted molar refractivity (Wildman–Crippen MR) is 277 cm³/mol. The number of hydrogen-bond donors (Lipinski definition) is 2. The molecule has 418 valence electrons. The van der Waals surface area contributed by atoms with Crippen LogP contribution >= 0.6 is 0 Å². The number of nitrogens with zero attached hydrogens (tertiary/aromatic N) is 3. The largest absolute Gasteiger partial charge is 0.460 e. The molecule has 2 N–H and O–H groups in total. The van der Waals surface area contributed by atoms with Crippen molar-refractivity contribution in [1.29, 1.82) is 0 Å². The lowest BCUT2D eigenvalue weighted by atomic mass is 9.78. The Labute approximate surface area is 443 Å². The first-order chi connectivity index (χ1) is 35.7. The van der Waals surface area contributed by atoms with Gasteiger partial charge in [-0.15, -0.1) is 0 Å². The molecular weight excluding hydrogens is 967 g/mol. The summed E-state index contributed by atoms with van der Waals surface area (Å²) in [5.74, 6) is -8.76. The zero-order chi connectivity index (χ0) is 55.0. The van der Waals surface area contributed by atoms with Gasteiger partial charge in [-0.05, 0) is 107 Å². The van der Waals surface area contributed by atoms with Crippen LogP contribution in [0.2, 0.25) is 0 Å². The number of ketones is 3. The molecule has 1 amide bonds. The van der Waals surface area contributed by atoms with Crippen molar-refractivity contribution in [2.45, 2.75) is 187 Å². The summed E-state index contributed by atoms with van der Waals surface area (Å²) in [6, 6.07) is -1.17. The Hall–Kier alpha value is -4.69. The molecule has 3 fully saturated rings. The smallest absolute Gasteiger partial charge is 0.329 e. The zero-order valence-corrected chi connectivity index (χ0v) is 45.9. The molecule has 0 unspecified atom stereocenters. The fraction of sp³-hybridized carbons (Fsp3) is 0.702. The van der Waals surface area contributed by atoms with Gasteiger partial charge >= 0.3 is 11.9 Å². The van der Waals surface area contributed by atoms with Gasteiger partial charge in [0, 0.05) is 70.9 Å². The normalized spacial score (nSPS) is 36.5. The van der Waals surface area contributed by atoms with Gasteiger partial charge in [-0.2, -0.15) is 0 Å². The average Bonchev–Trinajstić information content (AvgIpc) is 3.90. The van der Waals surface area contributed by atoms with Crippen molar-refractivity contribution in [1.82, 2.24) is 14.5 Å². The molecule has 1 aromatic heterocycles. The molecule has 75 heavy (non-hydrogen) atoms. The van der Waals surface area contributed by atoms with E-state index in [-0.39, 0.29) is 68.3 Å². The van der Waals surface area contributed by atoms with Gasteiger partial charge in [-0.25, -0.2) is 9.78 Å². The van der Waals surface area contributed by atoms with Crippen molar-refractivity contribution in [3.8, 4) is 0 Å². The Bertz CT molecular complexity index is 2190. The molecule has 1 aromatic rings. The summed E-state index contributed by atoms with van der Waals surface area (Å²) >= 11 is 0. The first-order valence-corrected chi connectivity index (χ1v) is 26.9. The van der Waals surface area contributed by atoms with E-state index in [1.165, 1.54) is 18.3 Å². The molecule has 1 saturated carbocycles. The van der Waals surface area contributed by atoms with Crippen LogP contribution in [0.1, 0.15) is 126 Å². The number of methoxy groups -OCH3 is 3. The highest BCUT2D eigenvalue weighted by atomic mass is 16.7. The Kier molecular flexibility index (Phi) is 23.8. The topological polar surface area (TPSA) is 229 Å². The highest BCUT2D eigenvalue weighted by Crippen LogP contribution is 2.38. The second-order valence-corrected chi connectivity index (χ2v) is 21.6. The monoisotopic (exact) mass is 1050 g/mol. The van der Waals surface area contributed by atoms with E-state index in [1.807, 2.05) is 58.1 Å². The molecule has 1 aliphatic carbocycles. The minimum absolute atomic E-state index is 0.00245. The molecule has 3 aliphatic heterocycles. The second kappa shape index (κ2) is 29.2. The molecule has 0 spiro atoms. The first kappa shape index (κ1) is 61.2. The van der Waals surface area contributed by atoms with Gasteiger partial charge in [0.1, 0.15) is 36.7 Å². The van der Waals surface area contributed by atoms with E-state index in [2.05, 4.69) is 4.98 Å². The number of allylic oxidation sites excluding steroid dienone is 6. The van der Waals surface area contributed by atoms with E-state index in [9.17, 15) is 39.0 Å². The number of rotatable bonds is 11. The lowest BCUT2D eigenvalue weighted by molar-refractivity contribution is -0.265. The molecule has 4 heterocycles. The van der Waals surface area contributed by atoms with Gasteiger partial charge in [0.05, 0.1) is 30.7 Å². The van der Waals surface area contributed by atoms with E-state index < -0.39 is 89.6 Å². The minimum Gasteiger partial charge on any atom is -0.460 e. The number of ether oxygens (including phenoxy) is 7. The van der Waals surface area contributed by atoms with Gasteiger partial charge in [0.2, 0.25) is 5.79 Å². The van der Waals surface area contributed by atoms with Crippen LogP contribution in [0.25, 0.3) is 0 Å². The standard InChI is InChI=1S/C57H85N3O15/c1-35-16-12-11-13-17-36(2)47(69-8)30-43-21-19-41(7)57(68,75-43)54(65)55(66)60-24-15-14-18-44(60)56(67)74-48(31-45(61)37(3)27-40(6)52(64)53(71-10)51(63)39(5)26-35)38(4)28-42-20-22-46(49(29-42)70-9)72-34-73-50(62)32-59-25-23-58-33-59/h11-13,16-17,23,25,27,33,35,37-39,41-44,46-49,52-53,64,68H,14-15,18-22,24,26,28-32,34H2,1-10H3/b13-11+,16-12+,36-17+,40-27+/t35-,37-,38-,39-,41-,42+,43+,44+,46-,47+,48+,49-,52-,53+,57-/m1/s1. The SMILES string of the molecule is CO[C@H]1C[C@@H]2CC[C@@H](C)[C@@](O)(O2)C(=O)C(=O)N2CCCC[C@H]2C(=O)O[C@H]([C@H](C)C[C@@H]2CC[C@@H](OCOC(=O)Cn3ccnc3)[C@H](OC)C2)CC(=O)[C@H](C)/C=C(\C)[C@@H](O)[C@@H](OC)C(=O)[C@H](C)C[C@H](C)/C=C/C=C/C=C/1C. The third-order valence-corrected chi connectivity index (χ3v) is 15.8. The molecule has 2 saturated heterocycles. The van der Waals surface area contributed by atoms with Crippen LogP contribution in [0.5, 0.6) is 0 Å². The number of esters is 2. The fourth-order valence-corrected chi connectivity index (χ4v) is 11.1. The summed E-state index contributed by atoms with van der Waals surface area (Å²) in [5, 5.41) is 23.6. The quantitative estimate of drug-likeness (QED) is 0.103. The van der Waals surface area contributed by atoms with Crippen LogP contribution in [-0.4, -0.2) is 149 Å². The van der Waals surface area contributed by atoms with Crippen molar-refractivity contribution in [3.63, 3.8) is 0 Å². The number of amides is 1. The summed E-state index contributed by atoms with van der Waals surface area (Å²) in [7, 11) is 4.54. The van der Waals surface area contributed by atoms with Gasteiger partial charge in [0.15, 0.2) is 12.6 Å². The van der Waals surface area contributed by atoms with Crippen LogP contribution in [0, 0.1) is 35.5 Å². The number of aromatic nitrogens is 2. The predicted octanol–water partition coefficient (Wildman–Crippen LogP) is 6.60. The number of cyclic esters (lactones) is 1. The average molecular weight is 1050 g/mol. The van der Waals surface area contributed by atoms with Crippen molar-refractivity contribution in [2.75, 3.05) is 34.7 Å². The molecule has 2 bridgehead atoms. The maximum Gasteiger partial charge on any atom is 0.329 e. The lowest BCUT2D eigenvalue weighted by Gasteiger charge is -2.42. The Balaban J connectivity index is 1.41. The summed E-state index contributed by atoms with van der Waals surface area (Å²) in [4.78, 5) is 88.9. The number of carbonyl (C=O) groups is 6. The molecule has 0 radical (unpaired) electrons. The van der Waals surface area contributed by atoms with Crippen LogP contribution in [0.4, 0.5) is 0 Å². The number of carbonyl (C=O) groups excluding carboxylic acids is 6. The number of aliphatic hydroxyl groups excluding tert-OH is 1. The second-order valence-electron chi connectivity index (χ2n) is 21.6. The summed E-state index contributed by atoms with van der Waals surface area (Å²) in [6.07, 6.45) is 15.8. The third kappa shape index (κ3) is 16.9. The molecule has 18 nitrogen and oxygen atoms in total. The molecule has 5 rings (SSSR count). The number of piperidine rings is 1. The van der Waals surface area contributed by atoms with Crippen molar-refractivity contribution < 1.29 is 72.1 Å². The molecule has 18 heteroatoms. The molecule has 4 aliphatic rings. The Morgan fingerprint density at radius 1 is 0.893 bits per heavy atom. The maximum atomic E-state index is 14.6. The van der Waals surface area contributed by atoms with Crippen LogP contribution in [0.15, 0.2) is 66.3 Å². The Morgan fingerprint density at radius 2 is 1.65 bits per heavy atom. The van der Waals surface area contributed by atoms with Crippen LogP contribution < -0.4 is 0 Å². The molecular formula is C57H85N3O15. The van der Waals surface area contributed by atoms with Gasteiger partial charge in [0.25, 0.3) is 11.7 Å². The molecule has 0 aromatic carbocycles. The van der Waals surface area contributed by atoms with Crippen molar-refractivity contribution >= 4 is 35.2 Å². The third-order valence-electron chi connectivity index (χ3n) is 15.8. The summed E-state index contributed by atoms with van der Waals surface area (Å²) in [5.41, 5.74) is 1.24. The van der Waals surface area contributed by atoms with Gasteiger partial charge in [-0.1, -0.05) is 71.1 Å². The number of hydrogen-bond acceptors (Lipinski definition) is 16. The van der Waals surface area contributed by atoms with Crippen LogP contribution in [0.3, 0.4) is 0 Å². The zero-order valence-electron chi connectivity index (χ0n) is 45.9. The Morgan fingerprint density at radius 3 is 2.35 bits per heavy atom. The molecule has 15 atom stereocenters. The lowest BCUT2D eigenvalue weighted by Crippen LogP contribution is -2.61. The maximum absolute atomic E-state index is 14.6. The number of fused-ring (bicyclic) bond motifs is 3. The van der Waals surface area contributed by atoms with Crippen LogP contribution in [-0.2, 0) is 68.5 Å². The fourth-order valence-electron chi connectivity index (χ4n) is 11.1. The number of imidazole rings is 1. The van der Waals surface area contributed by atoms with Gasteiger partial charge < -0.3 is 52.8 Å². The summed E-state index contributed by atoms with van der Waals surface area (Å²) < 4.78 is 42.7. The minimum atomic E-state index is -2.45. The van der Waals surface area contributed by atoms with E-state index in [4.69, 9.17) is 33.2 Å². The number of aliphatic hydroxyl groups is 2.